The van der Waals surface area contributed by atoms with E-state index < -0.39 is 29.2 Å². The molecule has 1 N–H and O–H groups in total. The summed E-state index contributed by atoms with van der Waals surface area (Å²) in [5.74, 6) is -0.0229. The predicted molar refractivity (Wildman–Crippen MR) is 177 cm³/mol. The Morgan fingerprint density at radius 1 is 1.02 bits per heavy atom. The van der Waals surface area contributed by atoms with E-state index in [9.17, 15) is 28.0 Å². The summed E-state index contributed by atoms with van der Waals surface area (Å²) in [5, 5.41) is 16.4. The number of carbonyl (C=O) groups is 1. The van der Waals surface area contributed by atoms with Gasteiger partial charge in [-0.2, -0.15) is 23.5 Å². The highest BCUT2D eigenvalue weighted by atomic mass is 19.4. The summed E-state index contributed by atoms with van der Waals surface area (Å²) in [6.07, 6.45) is -1.63. The molecule has 1 atom stereocenters. The minimum Gasteiger partial charge on any atom is -0.442 e. The maximum Gasteiger partial charge on any atom is 0.416 e. The Hall–Kier alpha value is -6.20. The summed E-state index contributed by atoms with van der Waals surface area (Å²) in [6.45, 7) is 2.78. The Bertz CT molecular complexity index is 2240. The van der Waals surface area contributed by atoms with E-state index in [4.69, 9.17) is 4.42 Å². The van der Waals surface area contributed by atoms with E-state index >= 15 is 0 Å². The first-order valence-electron chi connectivity index (χ1n) is 15.5. The van der Waals surface area contributed by atoms with E-state index in [0.29, 0.717) is 35.8 Å². The molecule has 0 saturated carbocycles. The second kappa shape index (κ2) is 13.7. The number of amides is 1. The zero-order valence-electron chi connectivity index (χ0n) is 27.2. The molecule has 6 rings (SSSR count). The van der Waals surface area contributed by atoms with Gasteiger partial charge in [-0.3, -0.25) is 19.2 Å². The van der Waals surface area contributed by atoms with Crippen LogP contribution in [-0.4, -0.2) is 42.0 Å². The van der Waals surface area contributed by atoms with E-state index in [1.54, 1.807) is 43.5 Å². The van der Waals surface area contributed by atoms with Crippen molar-refractivity contribution in [1.29, 1.82) is 5.26 Å². The maximum atomic E-state index is 14.1. The molecule has 254 valence electrons. The normalized spacial score (nSPS) is 12.2. The Kier molecular flexibility index (Phi) is 9.25. The number of rotatable bonds is 10. The minimum absolute atomic E-state index is 0.0922. The largest absolute Gasteiger partial charge is 0.442 e. The maximum absolute atomic E-state index is 14.1. The Labute approximate surface area is 284 Å². The molecule has 0 aliphatic rings. The molecule has 3 heterocycles. The number of nitrogens with one attached hydrogen (secondary N) is 1. The van der Waals surface area contributed by atoms with Gasteiger partial charge >= 0.3 is 6.18 Å². The van der Waals surface area contributed by atoms with Gasteiger partial charge in [-0.25, -0.2) is 14.3 Å². The minimum atomic E-state index is -4.66. The molecule has 1 amide bonds. The van der Waals surface area contributed by atoms with Crippen LogP contribution in [0.15, 0.2) is 107 Å². The van der Waals surface area contributed by atoms with Gasteiger partial charge in [0.15, 0.2) is 0 Å². The monoisotopic (exact) mass is 680 g/mol. The number of alkyl halides is 3. The number of benzene rings is 3. The van der Waals surface area contributed by atoms with Gasteiger partial charge in [-0.1, -0.05) is 36.4 Å². The number of nitrogens with zero attached hydrogens (tertiary/aromatic N) is 7. The molecule has 6 aromatic rings. The number of hydrogen-bond donors (Lipinski definition) is 1. The third-order valence-electron chi connectivity index (χ3n) is 8.05. The van der Waals surface area contributed by atoms with Crippen molar-refractivity contribution >= 4 is 5.91 Å². The second-order valence-electron chi connectivity index (χ2n) is 11.7. The summed E-state index contributed by atoms with van der Waals surface area (Å²) in [5.41, 5.74) is 0.224. The van der Waals surface area contributed by atoms with Gasteiger partial charge in [0.05, 0.1) is 53.2 Å². The van der Waals surface area contributed by atoms with Crippen molar-refractivity contribution in [2.75, 3.05) is 7.05 Å². The second-order valence-corrected chi connectivity index (χ2v) is 11.7. The van der Waals surface area contributed by atoms with Crippen LogP contribution in [0.4, 0.5) is 13.2 Å². The van der Waals surface area contributed by atoms with E-state index in [0.717, 1.165) is 22.4 Å². The quantitative estimate of drug-likeness (QED) is 0.187. The summed E-state index contributed by atoms with van der Waals surface area (Å²) in [7, 11) is 3.41. The van der Waals surface area contributed by atoms with Gasteiger partial charge in [-0.15, -0.1) is 0 Å². The van der Waals surface area contributed by atoms with E-state index in [1.807, 2.05) is 48.3 Å². The van der Waals surface area contributed by atoms with Crippen molar-refractivity contribution < 1.29 is 22.4 Å². The number of oxazole rings is 1. The highest BCUT2D eigenvalue weighted by Crippen LogP contribution is 2.31. The Morgan fingerprint density at radius 2 is 1.76 bits per heavy atom. The SMILES string of the molecule is C[C@H](NC(=O)c1c(-c2ccnn2-c2ccc(C#N)cc2)n(C)n(-c2cccc(C(F)(F)F)c2)c1=O)c1ncc(CN(C)Cc2ccccc2)o1. The molecule has 11 nitrogen and oxygen atoms in total. The standard InChI is InChI=1S/C36H31F3N8O3/c1-23(34-41-20-29(50-34)22-44(2)21-25-8-5-4-6-9-25)43-33(48)31-32(30-16-17-42-46(30)27-14-12-24(19-40)13-15-27)45(3)47(35(31)49)28-11-7-10-26(18-28)36(37,38)39/h4-18,20,23H,21-22H2,1-3H3,(H,43,48)/t23-/m0/s1. The van der Waals surface area contributed by atoms with Crippen molar-refractivity contribution in [3.8, 4) is 28.8 Å². The zero-order chi connectivity index (χ0) is 35.6. The van der Waals surface area contributed by atoms with E-state index in [1.165, 1.54) is 34.7 Å². The van der Waals surface area contributed by atoms with Crippen LogP contribution in [0.1, 0.15) is 51.7 Å². The lowest BCUT2D eigenvalue weighted by Gasteiger charge is -2.15. The average molecular weight is 681 g/mol. The molecule has 0 fully saturated rings. The Balaban J connectivity index is 1.36. The molecule has 0 spiro atoms. The van der Waals surface area contributed by atoms with E-state index in [2.05, 4.69) is 15.4 Å². The molecule has 3 aromatic carbocycles. The van der Waals surface area contributed by atoms with Gasteiger partial charge in [0, 0.05) is 13.6 Å². The molecule has 0 aliphatic carbocycles. The lowest BCUT2D eigenvalue weighted by atomic mass is 10.1. The van der Waals surface area contributed by atoms with Crippen LogP contribution in [0.5, 0.6) is 0 Å². The van der Waals surface area contributed by atoms with Crippen molar-refractivity contribution in [1.82, 2.24) is 34.3 Å². The van der Waals surface area contributed by atoms with Crippen LogP contribution in [-0.2, 0) is 26.3 Å². The van der Waals surface area contributed by atoms with Crippen LogP contribution in [0, 0.1) is 11.3 Å². The highest BCUT2D eigenvalue weighted by molar-refractivity contribution is 6.00. The molecule has 3 aromatic heterocycles. The fourth-order valence-corrected chi connectivity index (χ4v) is 5.72. The summed E-state index contributed by atoms with van der Waals surface area (Å²) >= 11 is 0. The number of carbonyl (C=O) groups excluding carboxylic acids is 1. The molecule has 14 heteroatoms. The van der Waals surface area contributed by atoms with Crippen LogP contribution >= 0.6 is 0 Å². The lowest BCUT2D eigenvalue weighted by molar-refractivity contribution is -0.137. The average Bonchev–Trinajstić information content (AvgIpc) is 3.83. The predicted octanol–water partition coefficient (Wildman–Crippen LogP) is 6.03. The first kappa shape index (κ1) is 33.7. The zero-order valence-corrected chi connectivity index (χ0v) is 27.2. The highest BCUT2D eigenvalue weighted by Gasteiger charge is 2.33. The fraction of sp³-hybridized carbons (Fsp3) is 0.194. The molecular formula is C36H31F3N8O3. The smallest absolute Gasteiger partial charge is 0.416 e. The fourth-order valence-electron chi connectivity index (χ4n) is 5.72. The van der Waals surface area contributed by atoms with E-state index in [-0.39, 0.29) is 22.8 Å². The number of halogens is 3. The Morgan fingerprint density at radius 3 is 2.46 bits per heavy atom. The molecular weight excluding hydrogens is 649 g/mol. The summed E-state index contributed by atoms with van der Waals surface area (Å²) < 4.78 is 50.8. The van der Waals surface area contributed by atoms with Gasteiger partial charge < -0.3 is 9.73 Å². The lowest BCUT2D eigenvalue weighted by Crippen LogP contribution is -2.32. The van der Waals surface area contributed by atoms with Crippen molar-refractivity contribution in [3.05, 3.63) is 142 Å². The van der Waals surface area contributed by atoms with Gasteiger partial charge in [0.25, 0.3) is 11.5 Å². The first-order valence-corrected chi connectivity index (χ1v) is 15.5. The third-order valence-corrected chi connectivity index (χ3v) is 8.05. The summed E-state index contributed by atoms with van der Waals surface area (Å²) in [6, 6.07) is 23.5. The molecule has 0 bridgehead atoms. The first-order chi connectivity index (χ1) is 23.9. The van der Waals surface area contributed by atoms with Crippen molar-refractivity contribution in [2.45, 2.75) is 32.2 Å². The summed E-state index contributed by atoms with van der Waals surface area (Å²) in [4.78, 5) is 34.6. The molecule has 50 heavy (non-hydrogen) atoms. The molecule has 0 aliphatic heterocycles. The molecule has 0 saturated heterocycles. The van der Waals surface area contributed by atoms with Gasteiger partial charge in [0.1, 0.15) is 23.1 Å². The van der Waals surface area contributed by atoms with Gasteiger partial charge in [0.2, 0.25) is 5.89 Å². The van der Waals surface area contributed by atoms with Crippen LogP contribution in [0.25, 0.3) is 22.8 Å². The number of nitriles is 1. The molecule has 0 radical (unpaired) electrons. The third kappa shape index (κ3) is 6.85. The number of aromatic nitrogens is 5. The number of hydrogen-bond acceptors (Lipinski definition) is 7. The molecule has 0 unspecified atom stereocenters. The van der Waals surface area contributed by atoms with Gasteiger partial charge in [-0.05, 0) is 68.1 Å². The van der Waals surface area contributed by atoms with Crippen molar-refractivity contribution in [2.24, 2.45) is 7.05 Å². The van der Waals surface area contributed by atoms with Crippen molar-refractivity contribution in [3.63, 3.8) is 0 Å². The topological polar surface area (TPSA) is 127 Å². The van der Waals surface area contributed by atoms with Crippen LogP contribution in [0.3, 0.4) is 0 Å². The van der Waals surface area contributed by atoms with Crippen LogP contribution in [0.2, 0.25) is 0 Å². The van der Waals surface area contributed by atoms with Crippen LogP contribution < -0.4 is 10.9 Å².